The van der Waals surface area contributed by atoms with E-state index >= 15 is 0 Å². The molecule has 2 aromatic rings. The summed E-state index contributed by atoms with van der Waals surface area (Å²) in [6, 6.07) is 9.74. The van der Waals surface area contributed by atoms with E-state index in [-0.39, 0.29) is 4.83 Å². The first kappa shape index (κ1) is 14.4. The molecule has 0 fully saturated rings. The van der Waals surface area contributed by atoms with Crippen LogP contribution in [-0.4, -0.2) is 12.1 Å². The predicted octanol–water partition coefficient (Wildman–Crippen LogP) is 4.73. The maximum Gasteiger partial charge on any atom is 0.123 e. The lowest BCUT2D eigenvalue weighted by atomic mass is 10.1. The molecule has 2 rings (SSSR count). The highest BCUT2D eigenvalue weighted by atomic mass is 79.9. The third-order valence-electron chi connectivity index (χ3n) is 2.89. The number of hydrogen-bond donors (Lipinski definition) is 0. The van der Waals surface area contributed by atoms with E-state index in [4.69, 9.17) is 16.3 Å². The Balaban J connectivity index is 2.21. The topological polar surface area (TPSA) is 22.1 Å². The van der Waals surface area contributed by atoms with Crippen LogP contribution in [0.25, 0.3) is 0 Å². The van der Waals surface area contributed by atoms with Gasteiger partial charge in [-0.1, -0.05) is 33.6 Å². The number of methoxy groups -OCH3 is 1. The van der Waals surface area contributed by atoms with Crippen LogP contribution in [0.2, 0.25) is 5.02 Å². The van der Waals surface area contributed by atoms with Gasteiger partial charge in [-0.15, -0.1) is 0 Å². The van der Waals surface area contributed by atoms with Gasteiger partial charge in [0.25, 0.3) is 0 Å². The van der Waals surface area contributed by atoms with Gasteiger partial charge in [0.05, 0.1) is 7.11 Å². The van der Waals surface area contributed by atoms with E-state index < -0.39 is 0 Å². The Morgan fingerprint density at radius 3 is 2.74 bits per heavy atom. The van der Waals surface area contributed by atoms with Crippen LogP contribution in [0, 0.1) is 6.92 Å². The SMILES string of the molecule is COc1ccc(Cl)cc1C(Br)Cc1ccc(C)cn1. The summed E-state index contributed by atoms with van der Waals surface area (Å²) in [5.41, 5.74) is 3.24. The molecule has 0 N–H and O–H groups in total. The summed E-state index contributed by atoms with van der Waals surface area (Å²) < 4.78 is 5.37. The van der Waals surface area contributed by atoms with Crippen LogP contribution in [0.1, 0.15) is 21.6 Å². The maximum absolute atomic E-state index is 6.05. The minimum atomic E-state index is 0.122. The monoisotopic (exact) mass is 339 g/mol. The Hall–Kier alpha value is -1.06. The van der Waals surface area contributed by atoms with Crippen LogP contribution in [0.4, 0.5) is 0 Å². The van der Waals surface area contributed by atoms with Crippen molar-refractivity contribution in [2.24, 2.45) is 0 Å². The number of ether oxygens (including phenoxy) is 1. The van der Waals surface area contributed by atoms with Crippen LogP contribution in [0.3, 0.4) is 0 Å². The first-order chi connectivity index (χ1) is 9.10. The molecule has 1 aromatic heterocycles. The first-order valence-corrected chi connectivity index (χ1v) is 7.28. The number of aromatic nitrogens is 1. The number of halogens is 2. The van der Waals surface area contributed by atoms with E-state index in [1.54, 1.807) is 7.11 Å². The first-order valence-electron chi connectivity index (χ1n) is 5.99. The molecule has 0 bridgehead atoms. The number of benzene rings is 1. The van der Waals surface area contributed by atoms with Crippen molar-refractivity contribution in [3.8, 4) is 5.75 Å². The molecule has 1 unspecified atom stereocenters. The van der Waals surface area contributed by atoms with Crippen molar-refractivity contribution in [2.75, 3.05) is 7.11 Å². The van der Waals surface area contributed by atoms with Crippen LogP contribution in [0.15, 0.2) is 36.5 Å². The molecule has 19 heavy (non-hydrogen) atoms. The fraction of sp³-hybridized carbons (Fsp3) is 0.267. The van der Waals surface area contributed by atoms with Gasteiger partial charge in [-0.05, 0) is 36.8 Å². The van der Waals surface area contributed by atoms with E-state index in [1.165, 1.54) is 0 Å². The smallest absolute Gasteiger partial charge is 0.123 e. The Kier molecular flexibility index (Phi) is 4.83. The standard InChI is InChI=1S/C15H15BrClNO/c1-10-3-5-12(18-9-10)8-14(16)13-7-11(17)4-6-15(13)19-2/h3-7,9,14H,8H2,1-2H3. The van der Waals surface area contributed by atoms with Gasteiger partial charge in [-0.25, -0.2) is 0 Å². The van der Waals surface area contributed by atoms with E-state index in [0.29, 0.717) is 5.02 Å². The van der Waals surface area contributed by atoms with Gasteiger partial charge in [-0.2, -0.15) is 0 Å². The van der Waals surface area contributed by atoms with Crippen LogP contribution in [-0.2, 0) is 6.42 Å². The normalized spacial score (nSPS) is 12.2. The number of pyridine rings is 1. The van der Waals surface area contributed by atoms with Crippen LogP contribution in [0.5, 0.6) is 5.75 Å². The fourth-order valence-corrected chi connectivity index (χ4v) is 2.73. The molecule has 0 saturated heterocycles. The molecule has 0 amide bonds. The molecule has 0 saturated carbocycles. The van der Waals surface area contributed by atoms with Crippen molar-refractivity contribution in [3.05, 3.63) is 58.4 Å². The van der Waals surface area contributed by atoms with Gasteiger partial charge in [-0.3, -0.25) is 4.98 Å². The van der Waals surface area contributed by atoms with Gasteiger partial charge in [0, 0.05) is 33.7 Å². The highest BCUT2D eigenvalue weighted by molar-refractivity contribution is 9.09. The molecule has 4 heteroatoms. The molecular formula is C15H15BrClNO. The minimum Gasteiger partial charge on any atom is -0.496 e. The third-order valence-corrected chi connectivity index (χ3v) is 3.94. The second-order valence-electron chi connectivity index (χ2n) is 4.38. The second kappa shape index (κ2) is 6.40. The molecule has 100 valence electrons. The number of hydrogen-bond acceptors (Lipinski definition) is 2. The van der Waals surface area contributed by atoms with Crippen molar-refractivity contribution in [1.82, 2.24) is 4.98 Å². The van der Waals surface area contributed by atoms with Crippen molar-refractivity contribution >= 4 is 27.5 Å². The minimum absolute atomic E-state index is 0.122. The summed E-state index contributed by atoms with van der Waals surface area (Å²) >= 11 is 9.74. The summed E-state index contributed by atoms with van der Waals surface area (Å²) in [6.07, 6.45) is 2.67. The second-order valence-corrected chi connectivity index (χ2v) is 5.93. The lowest BCUT2D eigenvalue weighted by molar-refractivity contribution is 0.409. The van der Waals surface area contributed by atoms with Crippen molar-refractivity contribution in [1.29, 1.82) is 0 Å². The molecule has 2 nitrogen and oxygen atoms in total. The molecule has 0 spiro atoms. The predicted molar refractivity (Wildman–Crippen MR) is 82.4 cm³/mol. The molecule has 0 aliphatic rings. The number of alkyl halides is 1. The number of aryl methyl sites for hydroxylation is 1. The van der Waals surface area contributed by atoms with Crippen LogP contribution >= 0.6 is 27.5 Å². The van der Waals surface area contributed by atoms with E-state index in [9.17, 15) is 0 Å². The Labute approximate surface area is 126 Å². The average molecular weight is 341 g/mol. The summed E-state index contributed by atoms with van der Waals surface area (Å²) in [7, 11) is 1.66. The van der Waals surface area contributed by atoms with Gasteiger partial charge in [0.1, 0.15) is 5.75 Å². The molecule has 1 aromatic carbocycles. The molecule has 1 atom stereocenters. The third kappa shape index (κ3) is 3.71. The molecule has 0 aliphatic carbocycles. The maximum atomic E-state index is 6.05. The summed E-state index contributed by atoms with van der Waals surface area (Å²) in [5.74, 6) is 0.832. The van der Waals surface area contributed by atoms with Crippen molar-refractivity contribution < 1.29 is 4.74 Å². The zero-order valence-corrected chi connectivity index (χ0v) is 13.2. The quantitative estimate of drug-likeness (QED) is 0.751. The Morgan fingerprint density at radius 2 is 2.11 bits per heavy atom. The lowest BCUT2D eigenvalue weighted by Crippen LogP contribution is -2.00. The molecular weight excluding hydrogens is 326 g/mol. The van der Waals surface area contributed by atoms with Crippen LogP contribution < -0.4 is 4.74 Å². The largest absolute Gasteiger partial charge is 0.496 e. The van der Waals surface area contributed by atoms with E-state index in [1.807, 2.05) is 37.4 Å². The van der Waals surface area contributed by atoms with Gasteiger partial charge in [0.2, 0.25) is 0 Å². The fourth-order valence-electron chi connectivity index (χ4n) is 1.86. The van der Waals surface area contributed by atoms with E-state index in [2.05, 4.69) is 27.0 Å². The average Bonchev–Trinajstić information content (AvgIpc) is 2.41. The lowest BCUT2D eigenvalue weighted by Gasteiger charge is -2.14. The summed E-state index contributed by atoms with van der Waals surface area (Å²) in [5, 5.41) is 0.706. The molecule has 0 aliphatic heterocycles. The van der Waals surface area contributed by atoms with Crippen molar-refractivity contribution in [2.45, 2.75) is 18.2 Å². The highest BCUT2D eigenvalue weighted by Crippen LogP contribution is 2.35. The molecule has 0 radical (unpaired) electrons. The zero-order chi connectivity index (χ0) is 13.8. The van der Waals surface area contributed by atoms with E-state index in [0.717, 1.165) is 29.0 Å². The summed E-state index contributed by atoms with van der Waals surface area (Å²) in [6.45, 7) is 2.03. The summed E-state index contributed by atoms with van der Waals surface area (Å²) in [4.78, 5) is 4.54. The number of rotatable bonds is 4. The zero-order valence-electron chi connectivity index (χ0n) is 10.9. The number of nitrogens with zero attached hydrogens (tertiary/aromatic N) is 1. The van der Waals surface area contributed by atoms with Gasteiger partial charge in [0.15, 0.2) is 0 Å². The molecule has 1 heterocycles. The highest BCUT2D eigenvalue weighted by Gasteiger charge is 2.15. The van der Waals surface area contributed by atoms with Gasteiger partial charge >= 0.3 is 0 Å². The van der Waals surface area contributed by atoms with Crippen molar-refractivity contribution in [3.63, 3.8) is 0 Å². The Morgan fingerprint density at radius 1 is 1.32 bits per heavy atom. The Bertz CT molecular complexity index is 557. The van der Waals surface area contributed by atoms with Gasteiger partial charge < -0.3 is 4.74 Å².